The number of rotatable bonds is 8. The molecule has 23 heavy (non-hydrogen) atoms. The van der Waals surface area contributed by atoms with Crippen molar-refractivity contribution >= 4 is 40.9 Å². The van der Waals surface area contributed by atoms with Crippen LogP contribution in [0.3, 0.4) is 0 Å². The molecule has 0 aromatic heterocycles. The van der Waals surface area contributed by atoms with Crippen molar-refractivity contribution in [1.29, 1.82) is 0 Å². The average molecular weight is 377 g/mol. The van der Waals surface area contributed by atoms with Crippen LogP contribution in [-0.2, 0) is 15.3 Å². The van der Waals surface area contributed by atoms with E-state index in [9.17, 15) is 4.79 Å². The molecule has 1 fully saturated rings. The van der Waals surface area contributed by atoms with Crippen LogP contribution < -0.4 is 5.32 Å². The smallest absolute Gasteiger partial charge is 0.230 e. The van der Waals surface area contributed by atoms with E-state index in [1.54, 1.807) is 0 Å². The normalized spacial score (nSPS) is 15.6. The van der Waals surface area contributed by atoms with Gasteiger partial charge in [0.25, 0.3) is 0 Å². The molecule has 0 radical (unpaired) electrons. The molecule has 1 N–H and O–H groups in total. The van der Waals surface area contributed by atoms with Gasteiger partial charge in [-0.05, 0) is 30.7 Å². The van der Waals surface area contributed by atoms with Crippen LogP contribution in [0.1, 0.15) is 12.0 Å². The Labute approximate surface area is 151 Å². The predicted molar refractivity (Wildman–Crippen MR) is 97.5 cm³/mol. The maximum Gasteiger partial charge on any atom is 0.230 e. The van der Waals surface area contributed by atoms with Gasteiger partial charge in [0.05, 0.1) is 19.0 Å². The summed E-state index contributed by atoms with van der Waals surface area (Å²) < 4.78 is 5.31. The number of hydrogen-bond acceptors (Lipinski definition) is 4. The number of amides is 1. The molecular formula is C16H22Cl2N2O2S. The molecular weight excluding hydrogens is 355 g/mol. The Morgan fingerprint density at radius 1 is 1.26 bits per heavy atom. The van der Waals surface area contributed by atoms with Gasteiger partial charge in [-0.2, -0.15) is 0 Å². The molecule has 0 atom stereocenters. The van der Waals surface area contributed by atoms with E-state index in [0.29, 0.717) is 28.1 Å². The lowest BCUT2D eigenvalue weighted by atomic mass is 10.2. The Morgan fingerprint density at radius 2 is 1.96 bits per heavy atom. The van der Waals surface area contributed by atoms with Gasteiger partial charge in [-0.1, -0.05) is 29.3 Å². The maximum absolute atomic E-state index is 11.8. The van der Waals surface area contributed by atoms with Crippen LogP contribution in [0, 0.1) is 0 Å². The highest BCUT2D eigenvalue weighted by molar-refractivity contribution is 7.99. The molecule has 1 aromatic rings. The molecule has 0 unspecified atom stereocenters. The molecule has 1 amide bonds. The van der Waals surface area contributed by atoms with Crippen LogP contribution >= 0.6 is 35.0 Å². The van der Waals surface area contributed by atoms with E-state index in [1.807, 2.05) is 18.2 Å². The summed E-state index contributed by atoms with van der Waals surface area (Å²) in [6.45, 7) is 5.32. The first-order chi connectivity index (χ1) is 11.2. The van der Waals surface area contributed by atoms with E-state index in [4.69, 9.17) is 27.9 Å². The van der Waals surface area contributed by atoms with E-state index in [-0.39, 0.29) is 5.91 Å². The van der Waals surface area contributed by atoms with Crippen molar-refractivity contribution in [2.45, 2.75) is 12.2 Å². The van der Waals surface area contributed by atoms with Gasteiger partial charge in [0.1, 0.15) is 0 Å². The number of hydrogen-bond donors (Lipinski definition) is 1. The monoisotopic (exact) mass is 376 g/mol. The molecule has 128 valence electrons. The summed E-state index contributed by atoms with van der Waals surface area (Å²) in [6.07, 6.45) is 0.965. The predicted octanol–water partition coefficient (Wildman–Crippen LogP) is 3.07. The fourth-order valence-electron chi connectivity index (χ4n) is 2.32. The van der Waals surface area contributed by atoms with E-state index < -0.39 is 0 Å². The molecule has 2 rings (SSSR count). The van der Waals surface area contributed by atoms with Crippen molar-refractivity contribution in [1.82, 2.24) is 10.2 Å². The lowest BCUT2D eigenvalue weighted by Gasteiger charge is -2.26. The summed E-state index contributed by atoms with van der Waals surface area (Å²) in [7, 11) is 0. The highest BCUT2D eigenvalue weighted by Gasteiger charge is 2.10. The molecule has 1 aliphatic heterocycles. The topological polar surface area (TPSA) is 41.6 Å². The number of benzene rings is 1. The molecule has 0 bridgehead atoms. The highest BCUT2D eigenvalue weighted by Crippen LogP contribution is 2.27. The number of halogens is 2. The summed E-state index contributed by atoms with van der Waals surface area (Å²) in [4.78, 5) is 14.2. The summed E-state index contributed by atoms with van der Waals surface area (Å²) >= 11 is 13.7. The van der Waals surface area contributed by atoms with Crippen LogP contribution in [-0.4, -0.2) is 56.0 Å². The lowest BCUT2D eigenvalue weighted by molar-refractivity contribution is -0.118. The molecule has 7 heteroatoms. The molecule has 4 nitrogen and oxygen atoms in total. The Kier molecular flexibility index (Phi) is 8.55. The standard InChI is InChI=1S/C16H22Cl2N2O2S/c17-14-3-1-4-15(18)13(14)11-23-12-16(21)19-5-2-6-20-7-9-22-10-8-20/h1,3-4H,2,5-12H2,(H,19,21). The van der Waals surface area contributed by atoms with E-state index in [0.717, 1.165) is 44.8 Å². The molecule has 0 spiro atoms. The number of carbonyl (C=O) groups is 1. The van der Waals surface area contributed by atoms with Gasteiger partial charge in [0.2, 0.25) is 5.91 Å². The third-order valence-corrected chi connectivity index (χ3v) is 5.29. The minimum atomic E-state index is 0.0557. The molecule has 1 saturated heterocycles. The quantitative estimate of drug-likeness (QED) is 0.707. The van der Waals surface area contributed by atoms with E-state index in [1.165, 1.54) is 11.8 Å². The Balaban J connectivity index is 1.56. The van der Waals surface area contributed by atoms with Crippen molar-refractivity contribution < 1.29 is 9.53 Å². The van der Waals surface area contributed by atoms with E-state index >= 15 is 0 Å². The number of carbonyl (C=O) groups excluding carboxylic acids is 1. The summed E-state index contributed by atoms with van der Waals surface area (Å²) in [6, 6.07) is 5.45. The zero-order valence-corrected chi connectivity index (χ0v) is 15.4. The van der Waals surface area contributed by atoms with Gasteiger partial charge in [0, 0.05) is 35.4 Å². The first-order valence-corrected chi connectivity index (χ1v) is 9.65. The highest BCUT2D eigenvalue weighted by atomic mass is 35.5. The second-order valence-corrected chi connectivity index (χ2v) is 7.15. The minimum absolute atomic E-state index is 0.0557. The van der Waals surface area contributed by atoms with Gasteiger partial charge < -0.3 is 10.1 Å². The van der Waals surface area contributed by atoms with Gasteiger partial charge in [-0.25, -0.2) is 0 Å². The largest absolute Gasteiger partial charge is 0.379 e. The Hall–Kier alpha value is -0.460. The van der Waals surface area contributed by atoms with Crippen LogP contribution in [0.2, 0.25) is 10.0 Å². The van der Waals surface area contributed by atoms with Gasteiger partial charge >= 0.3 is 0 Å². The van der Waals surface area contributed by atoms with Crippen LogP contribution in [0.25, 0.3) is 0 Å². The molecule has 0 saturated carbocycles. The maximum atomic E-state index is 11.8. The third kappa shape index (κ3) is 6.89. The van der Waals surface area contributed by atoms with Crippen molar-refractivity contribution in [2.75, 3.05) is 45.1 Å². The Morgan fingerprint density at radius 3 is 2.65 bits per heavy atom. The second kappa shape index (κ2) is 10.4. The van der Waals surface area contributed by atoms with Gasteiger partial charge in [-0.3, -0.25) is 9.69 Å². The summed E-state index contributed by atoms with van der Waals surface area (Å²) in [5.41, 5.74) is 0.890. The van der Waals surface area contributed by atoms with Crippen molar-refractivity contribution in [2.24, 2.45) is 0 Å². The van der Waals surface area contributed by atoms with Crippen molar-refractivity contribution in [3.05, 3.63) is 33.8 Å². The van der Waals surface area contributed by atoms with Gasteiger partial charge in [-0.15, -0.1) is 11.8 Å². The lowest BCUT2D eigenvalue weighted by Crippen LogP contribution is -2.38. The van der Waals surface area contributed by atoms with Crippen LogP contribution in [0.15, 0.2) is 18.2 Å². The number of nitrogens with one attached hydrogen (secondary N) is 1. The third-order valence-electron chi connectivity index (χ3n) is 3.62. The van der Waals surface area contributed by atoms with Gasteiger partial charge in [0.15, 0.2) is 0 Å². The summed E-state index contributed by atoms with van der Waals surface area (Å²) in [5.74, 6) is 1.11. The number of morpholine rings is 1. The SMILES string of the molecule is O=C(CSCc1c(Cl)cccc1Cl)NCCCN1CCOCC1. The number of thioether (sulfide) groups is 1. The fourth-order valence-corrected chi connectivity index (χ4v) is 3.92. The fraction of sp³-hybridized carbons (Fsp3) is 0.562. The Bertz CT molecular complexity index is 491. The molecule has 1 aliphatic rings. The first kappa shape index (κ1) is 18.9. The molecule has 1 aromatic carbocycles. The van der Waals surface area contributed by atoms with Crippen molar-refractivity contribution in [3.63, 3.8) is 0 Å². The molecule has 1 heterocycles. The average Bonchev–Trinajstić information content (AvgIpc) is 2.55. The number of ether oxygens (including phenoxy) is 1. The summed E-state index contributed by atoms with van der Waals surface area (Å²) in [5, 5.41) is 4.25. The zero-order chi connectivity index (χ0) is 16.5. The first-order valence-electron chi connectivity index (χ1n) is 7.74. The zero-order valence-electron chi connectivity index (χ0n) is 13.0. The minimum Gasteiger partial charge on any atom is -0.379 e. The number of nitrogens with zero attached hydrogens (tertiary/aromatic N) is 1. The van der Waals surface area contributed by atoms with Crippen molar-refractivity contribution in [3.8, 4) is 0 Å². The second-order valence-electron chi connectivity index (χ2n) is 5.35. The van der Waals surface area contributed by atoms with Crippen LogP contribution in [0.5, 0.6) is 0 Å². The van der Waals surface area contributed by atoms with Crippen LogP contribution in [0.4, 0.5) is 0 Å². The van der Waals surface area contributed by atoms with E-state index in [2.05, 4.69) is 10.2 Å². The molecule has 0 aliphatic carbocycles.